The van der Waals surface area contributed by atoms with Gasteiger partial charge in [0, 0.05) is 23.8 Å². The first-order valence-electron chi connectivity index (χ1n) is 6.13. The highest BCUT2D eigenvalue weighted by molar-refractivity contribution is 6.30. The van der Waals surface area contributed by atoms with Crippen LogP contribution in [0.4, 0.5) is 0 Å². The van der Waals surface area contributed by atoms with Gasteiger partial charge in [-0.3, -0.25) is 0 Å². The molecule has 2 aromatic carbocycles. The normalized spacial score (nSPS) is 10.8. The number of ether oxygens (including phenoxy) is 1. The van der Waals surface area contributed by atoms with Crippen LogP contribution in [-0.2, 0) is 6.54 Å². The summed E-state index contributed by atoms with van der Waals surface area (Å²) < 4.78 is 7.49. The molecule has 0 aliphatic rings. The second kappa shape index (κ2) is 4.98. The molecule has 0 aliphatic heterocycles. The Balaban J connectivity index is 1.98. The zero-order valence-corrected chi connectivity index (χ0v) is 11.4. The van der Waals surface area contributed by atoms with Crippen molar-refractivity contribution in [3.05, 3.63) is 65.3 Å². The van der Waals surface area contributed by atoms with Crippen LogP contribution >= 0.6 is 11.6 Å². The molecule has 2 nitrogen and oxygen atoms in total. The maximum Gasteiger partial charge on any atom is 0.120 e. The summed E-state index contributed by atoms with van der Waals surface area (Å²) in [6, 6.07) is 16.2. The van der Waals surface area contributed by atoms with Gasteiger partial charge in [-0.1, -0.05) is 23.7 Å². The van der Waals surface area contributed by atoms with E-state index < -0.39 is 0 Å². The first kappa shape index (κ1) is 12.1. The Morgan fingerprint density at radius 2 is 1.84 bits per heavy atom. The number of halogens is 1. The largest absolute Gasteiger partial charge is 0.497 e. The van der Waals surface area contributed by atoms with Crippen molar-refractivity contribution >= 4 is 22.5 Å². The molecule has 0 aliphatic carbocycles. The van der Waals surface area contributed by atoms with Crippen LogP contribution in [0.1, 0.15) is 5.56 Å². The van der Waals surface area contributed by atoms with E-state index in [2.05, 4.69) is 29.0 Å². The molecule has 3 rings (SSSR count). The predicted octanol–water partition coefficient (Wildman–Crippen LogP) is 4.35. The zero-order valence-electron chi connectivity index (χ0n) is 10.6. The van der Waals surface area contributed by atoms with Crippen LogP contribution in [-0.4, -0.2) is 11.7 Å². The average molecular weight is 272 g/mol. The highest BCUT2D eigenvalue weighted by Crippen LogP contribution is 2.23. The SMILES string of the molecule is COc1ccc2ccn(Cc3ccc(Cl)cc3)c2c1. The Bertz CT molecular complexity index is 700. The summed E-state index contributed by atoms with van der Waals surface area (Å²) in [6.07, 6.45) is 2.10. The maximum atomic E-state index is 5.90. The quantitative estimate of drug-likeness (QED) is 0.691. The monoisotopic (exact) mass is 271 g/mol. The topological polar surface area (TPSA) is 14.2 Å². The van der Waals surface area contributed by atoms with E-state index in [1.807, 2.05) is 30.3 Å². The predicted molar refractivity (Wildman–Crippen MR) is 79.0 cm³/mol. The van der Waals surface area contributed by atoms with Crippen LogP contribution in [0.5, 0.6) is 5.75 Å². The van der Waals surface area contributed by atoms with Crippen LogP contribution in [0.3, 0.4) is 0 Å². The third-order valence-corrected chi connectivity index (χ3v) is 3.50. The fraction of sp³-hybridized carbons (Fsp3) is 0.125. The molecule has 0 unspecified atom stereocenters. The smallest absolute Gasteiger partial charge is 0.120 e. The lowest BCUT2D eigenvalue weighted by Gasteiger charge is -2.07. The van der Waals surface area contributed by atoms with Crippen LogP contribution < -0.4 is 4.74 Å². The molecular weight excluding hydrogens is 258 g/mol. The van der Waals surface area contributed by atoms with Crippen molar-refractivity contribution in [3.63, 3.8) is 0 Å². The van der Waals surface area contributed by atoms with Gasteiger partial charge >= 0.3 is 0 Å². The summed E-state index contributed by atoms with van der Waals surface area (Å²) in [4.78, 5) is 0. The standard InChI is InChI=1S/C16H14ClNO/c1-19-15-7-4-13-8-9-18(16(13)10-15)11-12-2-5-14(17)6-3-12/h2-10H,11H2,1H3. The van der Waals surface area contributed by atoms with Gasteiger partial charge in [0.05, 0.1) is 12.6 Å². The van der Waals surface area contributed by atoms with E-state index in [-0.39, 0.29) is 0 Å². The minimum absolute atomic E-state index is 0.766. The van der Waals surface area contributed by atoms with E-state index in [4.69, 9.17) is 16.3 Å². The van der Waals surface area contributed by atoms with E-state index >= 15 is 0 Å². The van der Waals surface area contributed by atoms with Gasteiger partial charge in [0.15, 0.2) is 0 Å². The number of nitrogens with zero attached hydrogens (tertiary/aromatic N) is 1. The molecule has 0 radical (unpaired) electrons. The van der Waals surface area contributed by atoms with Gasteiger partial charge in [-0.05, 0) is 41.3 Å². The molecular formula is C16H14ClNO. The molecule has 19 heavy (non-hydrogen) atoms. The van der Waals surface area contributed by atoms with E-state index in [1.165, 1.54) is 16.5 Å². The van der Waals surface area contributed by atoms with Crippen molar-refractivity contribution in [1.29, 1.82) is 0 Å². The van der Waals surface area contributed by atoms with E-state index in [1.54, 1.807) is 7.11 Å². The Morgan fingerprint density at radius 3 is 2.58 bits per heavy atom. The van der Waals surface area contributed by atoms with Crippen LogP contribution in [0.2, 0.25) is 5.02 Å². The zero-order chi connectivity index (χ0) is 13.2. The van der Waals surface area contributed by atoms with Crippen molar-refractivity contribution in [1.82, 2.24) is 4.57 Å². The first-order chi connectivity index (χ1) is 9.26. The molecule has 0 fully saturated rings. The van der Waals surface area contributed by atoms with Gasteiger partial charge in [-0.25, -0.2) is 0 Å². The summed E-state index contributed by atoms with van der Waals surface area (Å²) in [6.45, 7) is 0.827. The molecule has 1 aromatic heterocycles. The summed E-state index contributed by atoms with van der Waals surface area (Å²) in [5, 5.41) is 1.98. The molecule has 0 saturated heterocycles. The molecule has 1 heterocycles. The number of aromatic nitrogens is 1. The molecule has 0 N–H and O–H groups in total. The lowest BCUT2D eigenvalue weighted by atomic mass is 10.2. The van der Waals surface area contributed by atoms with Crippen LogP contribution in [0.15, 0.2) is 54.7 Å². The van der Waals surface area contributed by atoms with E-state index in [0.29, 0.717) is 0 Å². The minimum atomic E-state index is 0.766. The second-order valence-electron chi connectivity index (χ2n) is 4.49. The number of benzene rings is 2. The van der Waals surface area contributed by atoms with E-state index in [0.717, 1.165) is 17.3 Å². The fourth-order valence-electron chi connectivity index (χ4n) is 2.22. The summed E-state index contributed by atoms with van der Waals surface area (Å²) in [7, 11) is 1.69. The lowest BCUT2D eigenvalue weighted by Crippen LogP contribution is -1.97. The van der Waals surface area contributed by atoms with Crippen molar-refractivity contribution in [3.8, 4) is 5.75 Å². The Hall–Kier alpha value is -1.93. The van der Waals surface area contributed by atoms with Gasteiger partial charge in [0.1, 0.15) is 5.75 Å². The number of fused-ring (bicyclic) bond motifs is 1. The highest BCUT2D eigenvalue weighted by Gasteiger charge is 2.03. The summed E-state index contributed by atoms with van der Waals surface area (Å²) >= 11 is 5.90. The minimum Gasteiger partial charge on any atom is -0.497 e. The van der Waals surface area contributed by atoms with Crippen molar-refractivity contribution < 1.29 is 4.74 Å². The fourth-order valence-corrected chi connectivity index (χ4v) is 2.34. The van der Waals surface area contributed by atoms with Crippen LogP contribution in [0, 0.1) is 0 Å². The molecule has 0 bridgehead atoms. The third-order valence-electron chi connectivity index (χ3n) is 3.25. The maximum absolute atomic E-state index is 5.90. The van der Waals surface area contributed by atoms with Gasteiger partial charge in [0.2, 0.25) is 0 Å². The number of methoxy groups -OCH3 is 1. The molecule has 3 aromatic rings. The molecule has 0 spiro atoms. The Labute approximate surface area is 117 Å². The summed E-state index contributed by atoms with van der Waals surface area (Å²) in [5.41, 5.74) is 2.40. The van der Waals surface area contributed by atoms with E-state index in [9.17, 15) is 0 Å². The van der Waals surface area contributed by atoms with Crippen molar-refractivity contribution in [2.45, 2.75) is 6.54 Å². The first-order valence-corrected chi connectivity index (χ1v) is 6.51. The van der Waals surface area contributed by atoms with Crippen molar-refractivity contribution in [2.75, 3.05) is 7.11 Å². The number of hydrogen-bond donors (Lipinski definition) is 0. The number of hydrogen-bond acceptors (Lipinski definition) is 1. The molecule has 96 valence electrons. The summed E-state index contributed by atoms with van der Waals surface area (Å²) in [5.74, 6) is 0.878. The molecule has 0 amide bonds. The highest BCUT2D eigenvalue weighted by atomic mass is 35.5. The van der Waals surface area contributed by atoms with Gasteiger partial charge in [-0.2, -0.15) is 0 Å². The van der Waals surface area contributed by atoms with Gasteiger partial charge < -0.3 is 9.30 Å². The molecule has 0 atom stereocenters. The Morgan fingerprint density at radius 1 is 1.05 bits per heavy atom. The third kappa shape index (κ3) is 2.45. The van der Waals surface area contributed by atoms with Crippen LogP contribution in [0.25, 0.3) is 10.9 Å². The van der Waals surface area contributed by atoms with Gasteiger partial charge in [0.25, 0.3) is 0 Å². The molecule has 0 saturated carbocycles. The molecule has 3 heteroatoms. The Kier molecular flexibility index (Phi) is 3.18. The van der Waals surface area contributed by atoms with Crippen molar-refractivity contribution in [2.24, 2.45) is 0 Å². The lowest BCUT2D eigenvalue weighted by molar-refractivity contribution is 0.415. The van der Waals surface area contributed by atoms with Gasteiger partial charge in [-0.15, -0.1) is 0 Å². The average Bonchev–Trinajstić information content (AvgIpc) is 2.84. The second-order valence-corrected chi connectivity index (χ2v) is 4.93. The number of rotatable bonds is 3.